The van der Waals surface area contributed by atoms with Crippen LogP contribution in [0.3, 0.4) is 0 Å². The van der Waals surface area contributed by atoms with Crippen molar-refractivity contribution in [2.45, 2.75) is 38.3 Å². The molecule has 2 nitrogen and oxygen atoms in total. The molecule has 1 aromatic heterocycles. The Morgan fingerprint density at radius 1 is 1.50 bits per heavy atom. The lowest BCUT2D eigenvalue weighted by molar-refractivity contribution is 0.206. The lowest BCUT2D eigenvalue weighted by Crippen LogP contribution is -2.47. The summed E-state index contributed by atoms with van der Waals surface area (Å²) in [4.78, 5) is 3.62. The average molecular weight is 194 g/mol. The summed E-state index contributed by atoms with van der Waals surface area (Å²) in [5, 5.41) is 3.47. The number of pyridine rings is 1. The summed E-state index contributed by atoms with van der Waals surface area (Å²) in [6.07, 6.45) is 5.37. The molecule has 0 bridgehead atoms. The van der Waals surface area contributed by atoms with Crippen molar-refractivity contribution < 1.29 is 4.39 Å². The number of hydrogen-bond acceptors (Lipinski definition) is 2. The van der Waals surface area contributed by atoms with Crippen LogP contribution >= 0.6 is 0 Å². The molecule has 1 heterocycles. The van der Waals surface area contributed by atoms with Gasteiger partial charge in [0.05, 0.1) is 0 Å². The molecule has 0 radical (unpaired) electrons. The van der Waals surface area contributed by atoms with Gasteiger partial charge in [0.1, 0.15) is 0 Å². The lowest BCUT2D eigenvalue weighted by atomic mass is 9.78. The molecule has 1 N–H and O–H groups in total. The summed E-state index contributed by atoms with van der Waals surface area (Å²) in [6.45, 7) is 3.01. The molecule has 1 aliphatic rings. The van der Waals surface area contributed by atoms with Crippen LogP contribution in [-0.4, -0.2) is 10.5 Å². The van der Waals surface area contributed by atoms with E-state index in [0.29, 0.717) is 5.54 Å². The molecular formula is C11H15FN2. The Morgan fingerprint density at radius 3 is 2.79 bits per heavy atom. The monoisotopic (exact) mass is 194 g/mol. The first-order valence-corrected chi connectivity index (χ1v) is 5.03. The molecule has 0 unspecified atom stereocenters. The second-order valence-electron chi connectivity index (χ2n) is 4.26. The minimum Gasteiger partial charge on any atom is -0.307 e. The molecule has 0 atom stereocenters. The van der Waals surface area contributed by atoms with Gasteiger partial charge in [0.2, 0.25) is 5.95 Å². The first-order chi connectivity index (χ1) is 6.68. The lowest BCUT2D eigenvalue weighted by Gasteiger charge is -2.39. The minimum absolute atomic E-state index is 0.300. The van der Waals surface area contributed by atoms with Crippen LogP contribution in [0.2, 0.25) is 0 Å². The highest BCUT2D eigenvalue weighted by Crippen LogP contribution is 2.31. The maximum Gasteiger partial charge on any atom is 0.212 e. The Balaban J connectivity index is 1.88. The average Bonchev–Trinajstić information content (AvgIpc) is 2.14. The van der Waals surface area contributed by atoms with Gasteiger partial charge in [-0.25, -0.2) is 4.98 Å². The predicted molar refractivity (Wildman–Crippen MR) is 53.3 cm³/mol. The van der Waals surface area contributed by atoms with Gasteiger partial charge in [-0.05, 0) is 37.8 Å². The summed E-state index contributed by atoms with van der Waals surface area (Å²) in [5.41, 5.74) is 1.34. The normalized spacial score (nSPS) is 19.0. The fourth-order valence-corrected chi connectivity index (χ4v) is 1.71. The van der Waals surface area contributed by atoms with Gasteiger partial charge in [-0.15, -0.1) is 0 Å². The largest absolute Gasteiger partial charge is 0.307 e. The highest BCUT2D eigenvalue weighted by molar-refractivity contribution is 5.10. The van der Waals surface area contributed by atoms with Crippen molar-refractivity contribution in [3.05, 3.63) is 29.8 Å². The first-order valence-electron chi connectivity index (χ1n) is 5.03. The summed E-state index contributed by atoms with van der Waals surface area (Å²) in [6, 6.07) is 3.18. The number of rotatable bonds is 3. The van der Waals surface area contributed by atoms with E-state index in [2.05, 4.69) is 17.2 Å². The van der Waals surface area contributed by atoms with Crippen molar-refractivity contribution in [2.24, 2.45) is 0 Å². The molecule has 0 saturated heterocycles. The summed E-state index contributed by atoms with van der Waals surface area (Å²) < 4.78 is 12.5. The highest BCUT2D eigenvalue weighted by Gasteiger charge is 2.30. The number of halogens is 1. The Kier molecular flexibility index (Phi) is 2.50. The van der Waals surface area contributed by atoms with E-state index in [0.717, 1.165) is 12.1 Å². The molecule has 2 rings (SSSR count). The van der Waals surface area contributed by atoms with E-state index in [1.165, 1.54) is 25.3 Å². The van der Waals surface area contributed by atoms with Gasteiger partial charge in [0.25, 0.3) is 0 Å². The fourth-order valence-electron chi connectivity index (χ4n) is 1.71. The van der Waals surface area contributed by atoms with Crippen LogP contribution in [0.1, 0.15) is 31.7 Å². The Morgan fingerprint density at radius 2 is 2.29 bits per heavy atom. The topological polar surface area (TPSA) is 24.9 Å². The molecule has 0 spiro atoms. The zero-order valence-electron chi connectivity index (χ0n) is 8.39. The molecule has 3 heteroatoms. The quantitative estimate of drug-likeness (QED) is 0.746. The zero-order valence-corrected chi connectivity index (χ0v) is 8.39. The van der Waals surface area contributed by atoms with Crippen molar-refractivity contribution in [3.63, 3.8) is 0 Å². The minimum atomic E-state index is -0.413. The van der Waals surface area contributed by atoms with Crippen LogP contribution in [0.25, 0.3) is 0 Å². The summed E-state index contributed by atoms with van der Waals surface area (Å²) in [5.74, 6) is -0.413. The van der Waals surface area contributed by atoms with Gasteiger partial charge in [-0.3, -0.25) is 0 Å². The van der Waals surface area contributed by atoms with Gasteiger partial charge in [0, 0.05) is 18.3 Å². The number of hydrogen-bond donors (Lipinski definition) is 1. The van der Waals surface area contributed by atoms with Crippen LogP contribution in [0, 0.1) is 5.95 Å². The summed E-state index contributed by atoms with van der Waals surface area (Å²) in [7, 11) is 0. The molecule has 14 heavy (non-hydrogen) atoms. The van der Waals surface area contributed by atoms with Gasteiger partial charge < -0.3 is 5.32 Å². The fraction of sp³-hybridized carbons (Fsp3) is 0.545. The predicted octanol–water partition coefficient (Wildman–Crippen LogP) is 2.25. The molecule has 1 aliphatic carbocycles. The standard InChI is InChI=1S/C11H15FN2/c1-11(5-2-6-11)14-8-9-3-4-10(12)13-7-9/h3-4,7,14H,2,5-6,8H2,1H3. The van der Waals surface area contributed by atoms with Crippen LogP contribution in [0.4, 0.5) is 4.39 Å². The van der Waals surface area contributed by atoms with E-state index in [1.54, 1.807) is 12.3 Å². The molecule has 0 aromatic carbocycles. The maximum absolute atomic E-state index is 12.5. The third kappa shape index (κ3) is 2.10. The van der Waals surface area contributed by atoms with Crippen molar-refractivity contribution >= 4 is 0 Å². The van der Waals surface area contributed by atoms with Crippen molar-refractivity contribution in [3.8, 4) is 0 Å². The van der Waals surface area contributed by atoms with Crippen LogP contribution in [-0.2, 0) is 6.54 Å². The van der Waals surface area contributed by atoms with Gasteiger partial charge >= 0.3 is 0 Å². The third-order valence-corrected chi connectivity index (χ3v) is 2.97. The first kappa shape index (κ1) is 9.59. The molecule has 1 saturated carbocycles. The second kappa shape index (κ2) is 3.65. The van der Waals surface area contributed by atoms with Crippen LogP contribution in [0.5, 0.6) is 0 Å². The molecular weight excluding hydrogens is 179 g/mol. The third-order valence-electron chi connectivity index (χ3n) is 2.97. The molecule has 0 aliphatic heterocycles. The molecule has 76 valence electrons. The van der Waals surface area contributed by atoms with Gasteiger partial charge in [-0.2, -0.15) is 4.39 Å². The number of nitrogens with one attached hydrogen (secondary N) is 1. The van der Waals surface area contributed by atoms with Crippen LogP contribution in [0.15, 0.2) is 18.3 Å². The maximum atomic E-state index is 12.5. The Bertz CT molecular complexity index is 304. The summed E-state index contributed by atoms with van der Waals surface area (Å²) >= 11 is 0. The molecule has 1 aromatic rings. The molecule has 0 amide bonds. The van der Waals surface area contributed by atoms with E-state index < -0.39 is 5.95 Å². The van der Waals surface area contributed by atoms with Crippen molar-refractivity contribution in [1.29, 1.82) is 0 Å². The van der Waals surface area contributed by atoms with Crippen molar-refractivity contribution in [1.82, 2.24) is 10.3 Å². The zero-order chi connectivity index (χ0) is 10.0. The van der Waals surface area contributed by atoms with Crippen molar-refractivity contribution in [2.75, 3.05) is 0 Å². The number of aromatic nitrogens is 1. The molecule has 1 fully saturated rings. The van der Waals surface area contributed by atoms with E-state index in [1.807, 2.05) is 0 Å². The van der Waals surface area contributed by atoms with Crippen LogP contribution < -0.4 is 5.32 Å². The van der Waals surface area contributed by atoms with Gasteiger partial charge in [0.15, 0.2) is 0 Å². The highest BCUT2D eigenvalue weighted by atomic mass is 19.1. The second-order valence-corrected chi connectivity index (χ2v) is 4.26. The Labute approximate surface area is 83.6 Å². The van der Waals surface area contributed by atoms with Gasteiger partial charge in [-0.1, -0.05) is 6.07 Å². The van der Waals surface area contributed by atoms with E-state index in [-0.39, 0.29) is 0 Å². The Hall–Kier alpha value is -0.960. The SMILES string of the molecule is CC1(NCc2ccc(F)nc2)CCC1. The van der Waals surface area contributed by atoms with E-state index in [9.17, 15) is 4.39 Å². The smallest absolute Gasteiger partial charge is 0.212 e. The number of nitrogens with zero attached hydrogens (tertiary/aromatic N) is 1. The van der Waals surface area contributed by atoms with E-state index >= 15 is 0 Å². The van der Waals surface area contributed by atoms with E-state index in [4.69, 9.17) is 0 Å².